The van der Waals surface area contributed by atoms with E-state index >= 15 is 0 Å². The van der Waals surface area contributed by atoms with Crippen molar-refractivity contribution in [2.75, 3.05) is 0 Å². The number of unbranched alkanes of at least 4 members (excludes halogenated alkanes) is 1. The van der Waals surface area contributed by atoms with E-state index in [1.807, 2.05) is 0 Å². The Labute approximate surface area is 125 Å². The molecule has 1 saturated carbocycles. The molecule has 1 saturated heterocycles. The lowest BCUT2D eigenvalue weighted by Crippen LogP contribution is -2.33. The van der Waals surface area contributed by atoms with Crippen molar-refractivity contribution in [2.45, 2.75) is 64.7 Å². The van der Waals surface area contributed by atoms with Gasteiger partial charge in [-0.2, -0.15) is 0 Å². The monoisotopic (exact) mass is 292 g/mol. The van der Waals surface area contributed by atoms with Crippen molar-refractivity contribution in [2.24, 2.45) is 5.92 Å². The maximum atomic E-state index is 12.7. The van der Waals surface area contributed by atoms with Crippen LogP contribution in [0.1, 0.15) is 55.5 Å². The molecule has 1 amide bonds. The molecule has 2 heterocycles. The molecule has 0 spiro atoms. The minimum atomic E-state index is 0.0233. The number of aryl methyl sites for hydroxylation is 1. The molecule has 0 aromatic carbocycles. The van der Waals surface area contributed by atoms with Gasteiger partial charge in [0.2, 0.25) is 5.91 Å². The van der Waals surface area contributed by atoms with Crippen molar-refractivity contribution in [1.29, 1.82) is 0 Å². The van der Waals surface area contributed by atoms with Crippen molar-refractivity contribution in [3.63, 3.8) is 0 Å². The van der Waals surface area contributed by atoms with E-state index in [0.717, 1.165) is 25.7 Å². The first kappa shape index (κ1) is 14.1. The number of hydrogen-bond acceptors (Lipinski definition) is 3. The molecular formula is C16H24N2OS. The number of amides is 1. The van der Waals surface area contributed by atoms with Gasteiger partial charge in [-0.05, 0) is 37.8 Å². The van der Waals surface area contributed by atoms with Gasteiger partial charge in [0.1, 0.15) is 6.17 Å². The molecule has 1 aliphatic carbocycles. The van der Waals surface area contributed by atoms with Crippen LogP contribution in [0, 0.1) is 12.8 Å². The van der Waals surface area contributed by atoms with Crippen LogP contribution in [0.25, 0.3) is 0 Å². The molecule has 1 N–H and O–H groups in total. The predicted molar refractivity (Wildman–Crippen MR) is 82.7 cm³/mol. The summed E-state index contributed by atoms with van der Waals surface area (Å²) < 4.78 is 0. The highest BCUT2D eigenvalue weighted by Crippen LogP contribution is 2.43. The molecule has 110 valence electrons. The number of thiophene rings is 1. The summed E-state index contributed by atoms with van der Waals surface area (Å²) in [5.74, 6) is 0.984. The maximum Gasteiger partial charge on any atom is 0.241 e. The third-order valence-corrected chi connectivity index (χ3v) is 5.54. The number of carbonyl (C=O) groups is 1. The third kappa shape index (κ3) is 2.51. The van der Waals surface area contributed by atoms with Crippen molar-refractivity contribution in [3.8, 4) is 0 Å². The standard InChI is InChI=1S/C16H24N2OS/c1-4-5-6-12-16(19)18(13-9-10(13)2)15(17-12)14-8-7-11(3)20-14/h7-8,10,12-13,15,17H,4-6,9H2,1-3H3. The van der Waals surface area contributed by atoms with Gasteiger partial charge in [-0.15, -0.1) is 11.3 Å². The van der Waals surface area contributed by atoms with Gasteiger partial charge in [0.25, 0.3) is 0 Å². The normalized spacial score (nSPS) is 33.0. The minimum absolute atomic E-state index is 0.0233. The zero-order chi connectivity index (χ0) is 14.3. The molecule has 4 atom stereocenters. The van der Waals surface area contributed by atoms with E-state index in [0.29, 0.717) is 17.9 Å². The highest BCUT2D eigenvalue weighted by Gasteiger charge is 2.50. The molecule has 1 aromatic rings. The number of rotatable bonds is 5. The molecule has 1 aliphatic heterocycles. The Morgan fingerprint density at radius 1 is 1.45 bits per heavy atom. The predicted octanol–water partition coefficient (Wildman–Crippen LogP) is 3.45. The highest BCUT2D eigenvalue weighted by atomic mass is 32.1. The van der Waals surface area contributed by atoms with Gasteiger partial charge in [0.15, 0.2) is 0 Å². The van der Waals surface area contributed by atoms with Crippen LogP contribution >= 0.6 is 11.3 Å². The first-order valence-electron chi connectivity index (χ1n) is 7.76. The fourth-order valence-corrected chi connectivity index (χ4v) is 4.07. The van der Waals surface area contributed by atoms with Crippen LogP contribution in [0.5, 0.6) is 0 Å². The topological polar surface area (TPSA) is 32.3 Å². The molecule has 3 nitrogen and oxygen atoms in total. The Morgan fingerprint density at radius 3 is 2.75 bits per heavy atom. The van der Waals surface area contributed by atoms with Crippen LogP contribution in [0.2, 0.25) is 0 Å². The number of hydrogen-bond donors (Lipinski definition) is 1. The van der Waals surface area contributed by atoms with E-state index in [-0.39, 0.29) is 12.2 Å². The largest absolute Gasteiger partial charge is 0.317 e. The van der Waals surface area contributed by atoms with Gasteiger partial charge >= 0.3 is 0 Å². The second-order valence-corrected chi connectivity index (χ2v) is 7.56. The van der Waals surface area contributed by atoms with Crippen molar-refractivity contribution in [3.05, 3.63) is 21.9 Å². The third-order valence-electron chi connectivity index (χ3n) is 4.49. The van der Waals surface area contributed by atoms with Gasteiger partial charge < -0.3 is 4.90 Å². The summed E-state index contributed by atoms with van der Waals surface area (Å²) in [5, 5.41) is 3.58. The zero-order valence-corrected chi connectivity index (χ0v) is 13.4. The fourth-order valence-electron chi connectivity index (χ4n) is 3.13. The van der Waals surface area contributed by atoms with E-state index in [4.69, 9.17) is 0 Å². The second-order valence-electron chi connectivity index (χ2n) is 6.24. The van der Waals surface area contributed by atoms with Gasteiger partial charge in [0, 0.05) is 15.8 Å². The van der Waals surface area contributed by atoms with Crippen LogP contribution in [0.15, 0.2) is 12.1 Å². The van der Waals surface area contributed by atoms with Crippen LogP contribution < -0.4 is 5.32 Å². The molecule has 2 aliphatic rings. The van der Waals surface area contributed by atoms with Crippen molar-refractivity contribution in [1.82, 2.24) is 10.2 Å². The lowest BCUT2D eigenvalue weighted by atomic mass is 10.1. The van der Waals surface area contributed by atoms with Crippen LogP contribution in [-0.2, 0) is 4.79 Å². The van der Waals surface area contributed by atoms with E-state index in [9.17, 15) is 4.79 Å². The van der Waals surface area contributed by atoms with Gasteiger partial charge in [-0.25, -0.2) is 0 Å². The minimum Gasteiger partial charge on any atom is -0.317 e. The van der Waals surface area contributed by atoms with Crippen molar-refractivity contribution >= 4 is 17.2 Å². The average molecular weight is 292 g/mol. The molecule has 1 aromatic heterocycles. The molecule has 20 heavy (non-hydrogen) atoms. The molecule has 4 unspecified atom stereocenters. The summed E-state index contributed by atoms with van der Waals surface area (Å²) in [6, 6.07) is 4.80. The molecule has 2 fully saturated rings. The first-order valence-corrected chi connectivity index (χ1v) is 8.58. The van der Waals surface area contributed by atoms with Crippen LogP contribution in [0.3, 0.4) is 0 Å². The lowest BCUT2D eigenvalue weighted by Gasteiger charge is -2.23. The number of carbonyl (C=O) groups excluding carboxylic acids is 1. The summed E-state index contributed by atoms with van der Waals surface area (Å²) >= 11 is 1.81. The smallest absolute Gasteiger partial charge is 0.241 e. The van der Waals surface area contributed by atoms with Crippen LogP contribution in [0.4, 0.5) is 0 Å². The number of nitrogens with zero attached hydrogens (tertiary/aromatic N) is 1. The summed E-state index contributed by atoms with van der Waals surface area (Å²) in [4.78, 5) is 17.4. The quantitative estimate of drug-likeness (QED) is 0.901. The molecular weight excluding hydrogens is 268 g/mol. The first-order chi connectivity index (χ1) is 9.61. The Balaban J connectivity index is 1.81. The fraction of sp³-hybridized carbons (Fsp3) is 0.688. The lowest BCUT2D eigenvalue weighted by molar-refractivity contribution is -0.130. The van der Waals surface area contributed by atoms with Gasteiger partial charge in [-0.3, -0.25) is 10.1 Å². The summed E-state index contributed by atoms with van der Waals surface area (Å²) in [6.45, 7) is 6.55. The number of nitrogens with one attached hydrogen (secondary N) is 1. The van der Waals surface area contributed by atoms with E-state index < -0.39 is 0 Å². The van der Waals surface area contributed by atoms with Crippen molar-refractivity contribution < 1.29 is 4.79 Å². The average Bonchev–Trinajstić information content (AvgIpc) is 2.84. The second kappa shape index (κ2) is 5.49. The Bertz CT molecular complexity index is 498. The zero-order valence-electron chi connectivity index (χ0n) is 12.6. The van der Waals surface area contributed by atoms with E-state index in [1.54, 1.807) is 11.3 Å². The van der Waals surface area contributed by atoms with Gasteiger partial charge in [0.05, 0.1) is 6.04 Å². The molecule has 0 radical (unpaired) electrons. The van der Waals surface area contributed by atoms with Crippen LogP contribution in [-0.4, -0.2) is 22.9 Å². The Hall–Kier alpha value is -0.870. The molecule has 0 bridgehead atoms. The van der Waals surface area contributed by atoms with E-state index in [1.165, 1.54) is 9.75 Å². The summed E-state index contributed by atoms with van der Waals surface area (Å²) in [6.07, 6.45) is 4.50. The summed E-state index contributed by atoms with van der Waals surface area (Å²) in [7, 11) is 0. The highest BCUT2D eigenvalue weighted by molar-refractivity contribution is 7.12. The Morgan fingerprint density at radius 2 is 2.20 bits per heavy atom. The van der Waals surface area contributed by atoms with E-state index in [2.05, 4.69) is 43.1 Å². The summed E-state index contributed by atoms with van der Waals surface area (Å²) in [5.41, 5.74) is 0. The molecule has 4 heteroatoms. The SMILES string of the molecule is CCCCC1NC(c2ccc(C)s2)N(C2CC2C)C1=O. The maximum absolute atomic E-state index is 12.7. The van der Waals surface area contributed by atoms with Gasteiger partial charge in [-0.1, -0.05) is 26.7 Å². The Kier molecular flexibility index (Phi) is 3.87. The molecule has 3 rings (SSSR count).